The lowest BCUT2D eigenvalue weighted by atomic mass is 9.78. The van der Waals surface area contributed by atoms with Gasteiger partial charge in [0.25, 0.3) is 0 Å². The zero-order chi connectivity index (χ0) is 18.2. The first-order chi connectivity index (χ1) is 11.3. The second-order valence-electron chi connectivity index (χ2n) is 6.52. The van der Waals surface area contributed by atoms with Crippen LogP contribution in [0.4, 0.5) is 0 Å². The molecule has 0 saturated carbocycles. The van der Waals surface area contributed by atoms with Gasteiger partial charge in [-0.15, -0.1) is 0 Å². The Morgan fingerprint density at radius 3 is 2.33 bits per heavy atom. The molecule has 0 aromatic heterocycles. The van der Waals surface area contributed by atoms with Crippen molar-refractivity contribution < 1.29 is 19.4 Å². The molecule has 1 aromatic rings. The predicted octanol–water partition coefficient (Wildman–Crippen LogP) is 2.99. The fraction of sp³-hybridized carbons (Fsp3) is 0.579. The molecule has 0 bridgehead atoms. The fourth-order valence-electron chi connectivity index (χ4n) is 2.48. The topological polar surface area (TPSA) is 75.6 Å². The van der Waals surface area contributed by atoms with E-state index in [1.165, 1.54) is 0 Å². The molecule has 5 heteroatoms. The van der Waals surface area contributed by atoms with Crippen LogP contribution in [-0.2, 0) is 19.7 Å². The van der Waals surface area contributed by atoms with Crippen molar-refractivity contribution >= 4 is 11.9 Å². The summed E-state index contributed by atoms with van der Waals surface area (Å²) in [6.07, 6.45) is 0.674. The maximum Gasteiger partial charge on any atom is 0.315 e. The largest absolute Gasteiger partial charge is 0.481 e. The van der Waals surface area contributed by atoms with Crippen LogP contribution in [0.1, 0.15) is 46.1 Å². The molecule has 134 valence electrons. The van der Waals surface area contributed by atoms with Crippen molar-refractivity contribution in [1.82, 2.24) is 5.32 Å². The molecule has 2 unspecified atom stereocenters. The van der Waals surface area contributed by atoms with E-state index in [4.69, 9.17) is 4.74 Å². The Morgan fingerprint density at radius 1 is 1.21 bits per heavy atom. The number of rotatable bonds is 10. The van der Waals surface area contributed by atoms with E-state index in [1.54, 1.807) is 19.1 Å². The summed E-state index contributed by atoms with van der Waals surface area (Å²) in [5.74, 6) is -0.711. The van der Waals surface area contributed by atoms with Crippen LogP contribution in [0, 0.1) is 5.92 Å². The molecule has 0 spiro atoms. The van der Waals surface area contributed by atoms with Gasteiger partial charge >= 0.3 is 5.97 Å². The quantitative estimate of drug-likeness (QED) is 0.689. The van der Waals surface area contributed by atoms with Crippen molar-refractivity contribution in [1.29, 1.82) is 0 Å². The molecule has 0 radical (unpaired) electrons. The van der Waals surface area contributed by atoms with Crippen LogP contribution < -0.4 is 5.32 Å². The molecule has 0 aliphatic rings. The number of carboxylic acid groups (broad SMARTS) is 1. The van der Waals surface area contributed by atoms with Gasteiger partial charge in [0, 0.05) is 13.2 Å². The van der Waals surface area contributed by atoms with Crippen molar-refractivity contribution in [3.63, 3.8) is 0 Å². The highest BCUT2D eigenvalue weighted by Gasteiger charge is 2.39. The maximum absolute atomic E-state index is 12.2. The van der Waals surface area contributed by atoms with E-state index in [2.05, 4.69) is 19.2 Å². The number of amides is 1. The summed E-state index contributed by atoms with van der Waals surface area (Å²) in [4.78, 5) is 24.1. The fourth-order valence-corrected chi connectivity index (χ4v) is 2.48. The summed E-state index contributed by atoms with van der Waals surface area (Å²) in [6.45, 7) is 8.25. The third-order valence-corrected chi connectivity index (χ3v) is 4.34. The van der Waals surface area contributed by atoms with Crippen molar-refractivity contribution in [2.24, 2.45) is 5.92 Å². The number of carboxylic acids is 1. The zero-order valence-corrected chi connectivity index (χ0v) is 15.0. The molecule has 24 heavy (non-hydrogen) atoms. The summed E-state index contributed by atoms with van der Waals surface area (Å²) in [6, 6.07) is 9.03. The lowest BCUT2D eigenvalue weighted by Gasteiger charge is -2.29. The van der Waals surface area contributed by atoms with Crippen LogP contribution in [0.3, 0.4) is 0 Å². The van der Waals surface area contributed by atoms with E-state index in [-0.39, 0.29) is 12.5 Å². The van der Waals surface area contributed by atoms with Gasteiger partial charge in [-0.3, -0.25) is 9.59 Å². The second kappa shape index (κ2) is 9.42. The summed E-state index contributed by atoms with van der Waals surface area (Å²) < 4.78 is 5.52. The molecular formula is C19H29NO4. The Morgan fingerprint density at radius 2 is 1.83 bits per heavy atom. The number of carbonyl (C=O) groups excluding carboxylic acids is 1. The number of hydrogen-bond acceptors (Lipinski definition) is 3. The lowest BCUT2D eigenvalue weighted by molar-refractivity contribution is -0.144. The SMILES string of the molecule is CCC(CNC(=O)C(C)OCCC(C)C)(C(=O)O)c1ccccc1. The molecule has 2 N–H and O–H groups in total. The highest BCUT2D eigenvalue weighted by molar-refractivity contribution is 5.84. The van der Waals surface area contributed by atoms with Crippen LogP contribution in [0.25, 0.3) is 0 Å². The maximum atomic E-state index is 12.2. The first-order valence-electron chi connectivity index (χ1n) is 8.51. The van der Waals surface area contributed by atoms with Crippen LogP contribution in [0.5, 0.6) is 0 Å². The standard InChI is InChI=1S/C19H29NO4/c1-5-19(18(22)23,16-9-7-6-8-10-16)13-20-17(21)15(4)24-12-11-14(2)3/h6-10,14-15H,5,11-13H2,1-4H3,(H,20,21)(H,22,23). The molecule has 1 amide bonds. The molecular weight excluding hydrogens is 306 g/mol. The number of ether oxygens (including phenoxy) is 1. The molecule has 5 nitrogen and oxygen atoms in total. The van der Waals surface area contributed by atoms with E-state index >= 15 is 0 Å². The van der Waals surface area contributed by atoms with Crippen LogP contribution in [-0.4, -0.2) is 36.2 Å². The van der Waals surface area contributed by atoms with E-state index in [1.807, 2.05) is 25.1 Å². The van der Waals surface area contributed by atoms with E-state index in [0.29, 0.717) is 24.5 Å². The van der Waals surface area contributed by atoms with Gasteiger partial charge in [-0.25, -0.2) is 0 Å². The second-order valence-corrected chi connectivity index (χ2v) is 6.52. The van der Waals surface area contributed by atoms with Gasteiger partial charge in [0.05, 0.1) is 0 Å². The number of carbonyl (C=O) groups is 2. The average Bonchev–Trinajstić information content (AvgIpc) is 2.55. The summed E-state index contributed by atoms with van der Waals surface area (Å²) in [5, 5.41) is 12.5. The molecule has 0 heterocycles. The minimum atomic E-state index is -1.13. The van der Waals surface area contributed by atoms with Gasteiger partial charge in [0.1, 0.15) is 11.5 Å². The summed E-state index contributed by atoms with van der Waals surface area (Å²) in [7, 11) is 0. The Bertz CT molecular complexity index is 529. The van der Waals surface area contributed by atoms with Gasteiger partial charge in [-0.2, -0.15) is 0 Å². The van der Waals surface area contributed by atoms with Crippen LogP contribution >= 0.6 is 0 Å². The molecule has 0 saturated heterocycles. The monoisotopic (exact) mass is 335 g/mol. The predicted molar refractivity (Wildman–Crippen MR) is 93.9 cm³/mol. The lowest BCUT2D eigenvalue weighted by Crippen LogP contribution is -2.48. The first-order valence-corrected chi connectivity index (χ1v) is 8.51. The minimum Gasteiger partial charge on any atom is -0.481 e. The van der Waals surface area contributed by atoms with E-state index < -0.39 is 17.5 Å². The number of aliphatic carboxylic acids is 1. The Hall–Kier alpha value is -1.88. The molecule has 0 aliphatic carbocycles. The third-order valence-electron chi connectivity index (χ3n) is 4.34. The summed E-state index contributed by atoms with van der Waals surface area (Å²) >= 11 is 0. The molecule has 1 aromatic carbocycles. The first kappa shape index (κ1) is 20.2. The van der Waals surface area contributed by atoms with Gasteiger partial charge in [-0.1, -0.05) is 51.1 Å². The van der Waals surface area contributed by atoms with Gasteiger partial charge in [-0.05, 0) is 31.2 Å². The highest BCUT2D eigenvalue weighted by atomic mass is 16.5. The highest BCUT2D eigenvalue weighted by Crippen LogP contribution is 2.27. The average molecular weight is 335 g/mol. The van der Waals surface area contributed by atoms with Crippen molar-refractivity contribution in [2.75, 3.05) is 13.2 Å². The Labute approximate surface area is 144 Å². The van der Waals surface area contributed by atoms with Crippen LogP contribution in [0.15, 0.2) is 30.3 Å². The number of benzene rings is 1. The van der Waals surface area contributed by atoms with Crippen molar-refractivity contribution in [2.45, 2.75) is 52.1 Å². The smallest absolute Gasteiger partial charge is 0.315 e. The summed E-state index contributed by atoms with van der Waals surface area (Å²) in [5.41, 5.74) is -0.442. The van der Waals surface area contributed by atoms with E-state index in [9.17, 15) is 14.7 Å². The Balaban J connectivity index is 2.72. The number of nitrogens with one attached hydrogen (secondary N) is 1. The molecule has 0 aliphatic heterocycles. The van der Waals surface area contributed by atoms with Crippen molar-refractivity contribution in [3.8, 4) is 0 Å². The normalized spacial score (nSPS) is 14.9. The minimum absolute atomic E-state index is 0.0412. The molecule has 2 atom stereocenters. The van der Waals surface area contributed by atoms with Gasteiger partial charge < -0.3 is 15.2 Å². The Kier molecular flexibility index (Phi) is 7.92. The third kappa shape index (κ3) is 5.34. The molecule has 1 rings (SSSR count). The van der Waals surface area contributed by atoms with Gasteiger partial charge in [0.15, 0.2) is 0 Å². The zero-order valence-electron chi connectivity index (χ0n) is 15.0. The van der Waals surface area contributed by atoms with Crippen LogP contribution in [0.2, 0.25) is 0 Å². The number of hydrogen-bond donors (Lipinski definition) is 2. The van der Waals surface area contributed by atoms with E-state index in [0.717, 1.165) is 6.42 Å². The molecule has 0 fully saturated rings. The van der Waals surface area contributed by atoms with Gasteiger partial charge in [0.2, 0.25) is 5.91 Å². The van der Waals surface area contributed by atoms with Crippen molar-refractivity contribution in [3.05, 3.63) is 35.9 Å².